The molecule has 110 valence electrons. The predicted octanol–water partition coefficient (Wildman–Crippen LogP) is 2.37. The van der Waals surface area contributed by atoms with Gasteiger partial charge in [-0.05, 0) is 38.3 Å². The van der Waals surface area contributed by atoms with Gasteiger partial charge >= 0.3 is 0 Å². The number of carbonyl (C=O) groups excluding carboxylic acids is 1. The summed E-state index contributed by atoms with van der Waals surface area (Å²) in [6, 6.07) is 10.3. The Morgan fingerprint density at radius 2 is 2.00 bits per heavy atom. The summed E-state index contributed by atoms with van der Waals surface area (Å²) >= 11 is 0. The molecule has 1 aromatic carbocycles. The van der Waals surface area contributed by atoms with E-state index in [1.807, 2.05) is 43.9 Å². The number of hydrogen-bond donors (Lipinski definition) is 1. The smallest absolute Gasteiger partial charge is 0.263 e. The van der Waals surface area contributed by atoms with E-state index >= 15 is 0 Å². The molecular weight excluding hydrogens is 262 g/mol. The van der Waals surface area contributed by atoms with Crippen LogP contribution in [0.2, 0.25) is 0 Å². The largest absolute Gasteiger partial charge is 0.371 e. The maximum Gasteiger partial charge on any atom is 0.263 e. The van der Waals surface area contributed by atoms with Crippen molar-refractivity contribution in [2.24, 2.45) is 0 Å². The Bertz CT molecular complexity index is 605. The van der Waals surface area contributed by atoms with E-state index in [-0.39, 0.29) is 17.0 Å². The van der Waals surface area contributed by atoms with Crippen LogP contribution >= 0.6 is 0 Å². The average molecular weight is 283 g/mol. The van der Waals surface area contributed by atoms with Gasteiger partial charge in [0, 0.05) is 24.8 Å². The Labute approximate surface area is 126 Å². The molecule has 1 heterocycles. The van der Waals surface area contributed by atoms with E-state index < -0.39 is 0 Å². The monoisotopic (exact) mass is 283 g/mol. The Morgan fingerprint density at radius 1 is 1.33 bits per heavy atom. The Morgan fingerprint density at radius 3 is 2.62 bits per heavy atom. The van der Waals surface area contributed by atoms with Crippen molar-refractivity contribution < 1.29 is 4.79 Å². The first-order valence-electron chi connectivity index (χ1n) is 7.14. The minimum absolute atomic E-state index is 0.157. The van der Waals surface area contributed by atoms with Crippen molar-refractivity contribution in [2.75, 3.05) is 6.54 Å². The van der Waals surface area contributed by atoms with Crippen molar-refractivity contribution in [1.29, 1.82) is 5.26 Å². The van der Waals surface area contributed by atoms with E-state index in [9.17, 15) is 10.1 Å². The number of nitrogens with zero attached hydrogens (tertiary/aromatic N) is 2. The third kappa shape index (κ3) is 4.09. The van der Waals surface area contributed by atoms with Crippen LogP contribution in [0.3, 0.4) is 0 Å². The summed E-state index contributed by atoms with van der Waals surface area (Å²) in [4.78, 5) is 14.1. The maximum atomic E-state index is 12.1. The van der Waals surface area contributed by atoms with Gasteiger partial charge in [-0.1, -0.05) is 24.3 Å². The highest BCUT2D eigenvalue weighted by Gasteiger charge is 2.19. The number of fused-ring (bicyclic) bond motifs is 1. The number of carbonyl (C=O) groups is 1. The van der Waals surface area contributed by atoms with Crippen LogP contribution in [0.4, 0.5) is 0 Å². The summed E-state index contributed by atoms with van der Waals surface area (Å²) in [5, 5.41) is 12.0. The van der Waals surface area contributed by atoms with E-state index in [2.05, 4.69) is 17.4 Å². The number of benzene rings is 1. The Kier molecular flexibility index (Phi) is 4.32. The van der Waals surface area contributed by atoms with Crippen LogP contribution in [0.5, 0.6) is 0 Å². The molecule has 1 aliphatic heterocycles. The molecule has 21 heavy (non-hydrogen) atoms. The lowest BCUT2D eigenvalue weighted by Gasteiger charge is -2.28. The summed E-state index contributed by atoms with van der Waals surface area (Å²) in [6.45, 7) is 7.26. The van der Waals surface area contributed by atoms with Gasteiger partial charge < -0.3 is 10.2 Å². The third-order valence-corrected chi connectivity index (χ3v) is 3.33. The number of nitriles is 1. The lowest BCUT2D eigenvalue weighted by molar-refractivity contribution is -0.118. The second-order valence-electron chi connectivity index (χ2n) is 6.35. The number of amides is 1. The van der Waals surface area contributed by atoms with Gasteiger partial charge in [0.15, 0.2) is 0 Å². The molecule has 4 nitrogen and oxygen atoms in total. The van der Waals surface area contributed by atoms with Crippen molar-refractivity contribution in [1.82, 2.24) is 10.2 Å². The first-order chi connectivity index (χ1) is 9.89. The van der Waals surface area contributed by atoms with Crippen molar-refractivity contribution in [3.63, 3.8) is 0 Å². The number of nitrogens with one attached hydrogen (secondary N) is 1. The molecule has 0 atom stereocenters. The van der Waals surface area contributed by atoms with Crippen LogP contribution in [-0.4, -0.2) is 22.9 Å². The van der Waals surface area contributed by atoms with Gasteiger partial charge in [0.05, 0.1) is 0 Å². The van der Waals surface area contributed by atoms with Gasteiger partial charge in [-0.2, -0.15) is 5.26 Å². The zero-order chi connectivity index (χ0) is 15.5. The van der Waals surface area contributed by atoms with Crippen LogP contribution in [-0.2, 0) is 17.8 Å². The topological polar surface area (TPSA) is 56.1 Å². The van der Waals surface area contributed by atoms with E-state index in [0.717, 1.165) is 19.5 Å². The summed E-state index contributed by atoms with van der Waals surface area (Å²) in [5.74, 6) is -0.316. The molecule has 4 heteroatoms. The standard InChI is InChI=1S/C17H21N3O/c1-17(2,3)19-16(21)15(10-18)12-20-9-8-13-6-4-5-7-14(13)11-20/h4-7,12H,8-9,11H2,1-3H3,(H,19,21)/b15-12-. The molecule has 0 saturated carbocycles. The number of hydrogen-bond acceptors (Lipinski definition) is 3. The quantitative estimate of drug-likeness (QED) is 0.669. The van der Waals surface area contributed by atoms with Crippen LogP contribution < -0.4 is 5.32 Å². The molecular formula is C17H21N3O. The minimum atomic E-state index is -0.346. The molecule has 0 saturated heterocycles. The van der Waals surface area contributed by atoms with E-state index in [0.29, 0.717) is 0 Å². The molecule has 0 aliphatic carbocycles. The SMILES string of the molecule is CC(C)(C)NC(=O)/C(C#N)=C\N1CCc2ccccc2C1. The first-order valence-corrected chi connectivity index (χ1v) is 7.14. The highest BCUT2D eigenvalue weighted by Crippen LogP contribution is 2.19. The summed E-state index contributed by atoms with van der Waals surface area (Å²) < 4.78 is 0. The lowest BCUT2D eigenvalue weighted by atomic mass is 10.00. The summed E-state index contributed by atoms with van der Waals surface area (Å²) in [5.41, 5.74) is 2.42. The maximum absolute atomic E-state index is 12.1. The lowest BCUT2D eigenvalue weighted by Crippen LogP contribution is -2.41. The highest BCUT2D eigenvalue weighted by atomic mass is 16.1. The van der Waals surface area contributed by atoms with Crippen molar-refractivity contribution in [2.45, 2.75) is 39.3 Å². The molecule has 1 aliphatic rings. The van der Waals surface area contributed by atoms with Gasteiger partial charge in [0.1, 0.15) is 11.6 Å². The van der Waals surface area contributed by atoms with Crippen LogP contribution in [0, 0.1) is 11.3 Å². The molecule has 0 radical (unpaired) electrons. The fourth-order valence-electron chi connectivity index (χ4n) is 2.36. The van der Waals surface area contributed by atoms with E-state index in [4.69, 9.17) is 0 Å². The first kappa shape index (κ1) is 15.1. The van der Waals surface area contributed by atoms with Gasteiger partial charge in [0.2, 0.25) is 0 Å². The molecule has 1 aromatic rings. The fraction of sp³-hybridized carbons (Fsp3) is 0.412. The Hall–Kier alpha value is -2.28. The second-order valence-corrected chi connectivity index (χ2v) is 6.35. The van der Waals surface area contributed by atoms with Gasteiger partial charge in [-0.15, -0.1) is 0 Å². The third-order valence-electron chi connectivity index (χ3n) is 3.33. The molecule has 1 amide bonds. The molecule has 0 fully saturated rings. The van der Waals surface area contributed by atoms with Crippen LogP contribution in [0.1, 0.15) is 31.9 Å². The zero-order valence-electron chi connectivity index (χ0n) is 12.8. The van der Waals surface area contributed by atoms with Crippen molar-refractivity contribution in [3.8, 4) is 6.07 Å². The summed E-state index contributed by atoms with van der Waals surface area (Å²) in [7, 11) is 0. The van der Waals surface area contributed by atoms with Crippen LogP contribution in [0.25, 0.3) is 0 Å². The second kappa shape index (κ2) is 6.01. The van der Waals surface area contributed by atoms with Crippen LogP contribution in [0.15, 0.2) is 36.0 Å². The molecule has 2 rings (SSSR count). The zero-order valence-corrected chi connectivity index (χ0v) is 12.8. The highest BCUT2D eigenvalue weighted by molar-refractivity contribution is 5.97. The van der Waals surface area contributed by atoms with Gasteiger partial charge in [-0.25, -0.2) is 0 Å². The molecule has 0 aromatic heterocycles. The minimum Gasteiger partial charge on any atom is -0.371 e. The van der Waals surface area contributed by atoms with Gasteiger partial charge in [0.25, 0.3) is 5.91 Å². The van der Waals surface area contributed by atoms with Crippen molar-refractivity contribution >= 4 is 5.91 Å². The average Bonchev–Trinajstić information content (AvgIpc) is 2.42. The van der Waals surface area contributed by atoms with Crippen molar-refractivity contribution in [3.05, 3.63) is 47.2 Å². The van der Waals surface area contributed by atoms with Gasteiger partial charge in [-0.3, -0.25) is 4.79 Å². The Balaban J connectivity index is 2.12. The normalized spacial score (nSPS) is 15.1. The molecule has 0 unspecified atom stereocenters. The number of rotatable bonds is 2. The predicted molar refractivity (Wildman–Crippen MR) is 82.1 cm³/mol. The molecule has 1 N–H and O–H groups in total. The molecule has 0 bridgehead atoms. The fourth-order valence-corrected chi connectivity index (χ4v) is 2.36. The summed E-state index contributed by atoms with van der Waals surface area (Å²) in [6.07, 6.45) is 2.61. The van der Waals surface area contributed by atoms with E-state index in [1.54, 1.807) is 6.20 Å². The molecule has 0 spiro atoms. The van der Waals surface area contributed by atoms with E-state index in [1.165, 1.54) is 11.1 Å².